The third-order valence-electron chi connectivity index (χ3n) is 2.39. The van der Waals surface area contributed by atoms with E-state index in [9.17, 15) is 9.59 Å². The molecule has 1 rings (SSSR count). The minimum absolute atomic E-state index is 0.133. The van der Waals surface area contributed by atoms with Crippen LogP contribution in [-0.2, 0) is 9.59 Å². The summed E-state index contributed by atoms with van der Waals surface area (Å²) in [5.41, 5.74) is 1.43. The predicted molar refractivity (Wildman–Crippen MR) is 68.3 cm³/mol. The van der Waals surface area contributed by atoms with Gasteiger partial charge in [-0.3, -0.25) is 9.59 Å². The maximum Gasteiger partial charge on any atom is 0.323 e. The molecular formula is C12H17N3O4. The van der Waals surface area contributed by atoms with Gasteiger partial charge in [-0.15, -0.1) is 0 Å². The second kappa shape index (κ2) is 6.12. The number of hydrogen-bond acceptors (Lipinski definition) is 5. The zero-order valence-electron chi connectivity index (χ0n) is 11.1. The molecule has 19 heavy (non-hydrogen) atoms. The van der Waals surface area contributed by atoms with E-state index in [1.807, 2.05) is 13.8 Å². The average Bonchev–Trinajstić information content (AvgIpc) is 2.25. The summed E-state index contributed by atoms with van der Waals surface area (Å²) in [5.74, 6) is -1.97. The second-order valence-corrected chi connectivity index (χ2v) is 4.53. The summed E-state index contributed by atoms with van der Waals surface area (Å²) < 4.78 is 0. The van der Waals surface area contributed by atoms with Crippen LogP contribution in [0.5, 0.6) is 0 Å². The Kier molecular flexibility index (Phi) is 4.80. The topological polar surface area (TPSA) is 104 Å². The van der Waals surface area contributed by atoms with Crippen molar-refractivity contribution >= 4 is 17.9 Å². The Hall–Kier alpha value is -2.18. The minimum atomic E-state index is -1.13. The fourth-order valence-corrected chi connectivity index (χ4v) is 1.54. The molecule has 0 amide bonds. The Morgan fingerprint density at radius 3 is 2.16 bits per heavy atom. The standard InChI is InChI=1S/C12H17N3O4/c1-7(2)9-4-8(3)13-12(14-9)15(5-10(16)17)6-11(18)19/h4,7H,5-6H2,1-3H3,(H,16,17)(H,18,19). The van der Waals surface area contributed by atoms with Gasteiger partial charge in [-0.25, -0.2) is 9.97 Å². The predicted octanol–water partition coefficient (Wildman–Crippen LogP) is 0.884. The van der Waals surface area contributed by atoms with Gasteiger partial charge >= 0.3 is 11.9 Å². The summed E-state index contributed by atoms with van der Waals surface area (Å²) >= 11 is 0. The fraction of sp³-hybridized carbons (Fsp3) is 0.500. The summed E-state index contributed by atoms with van der Waals surface area (Å²) in [6.45, 7) is 4.76. The zero-order valence-corrected chi connectivity index (χ0v) is 11.1. The molecule has 7 heteroatoms. The van der Waals surface area contributed by atoms with Gasteiger partial charge < -0.3 is 15.1 Å². The van der Waals surface area contributed by atoms with Crippen molar-refractivity contribution < 1.29 is 19.8 Å². The Balaban J connectivity index is 3.13. The molecule has 0 saturated carbocycles. The van der Waals surface area contributed by atoms with Gasteiger partial charge in [0.2, 0.25) is 5.95 Å². The van der Waals surface area contributed by atoms with E-state index < -0.39 is 25.0 Å². The quantitative estimate of drug-likeness (QED) is 0.788. The van der Waals surface area contributed by atoms with Crippen LogP contribution in [0.1, 0.15) is 31.2 Å². The van der Waals surface area contributed by atoms with Crippen molar-refractivity contribution in [2.75, 3.05) is 18.0 Å². The third-order valence-corrected chi connectivity index (χ3v) is 2.39. The Labute approximate surface area is 110 Å². The summed E-state index contributed by atoms with van der Waals surface area (Å²) in [7, 11) is 0. The van der Waals surface area contributed by atoms with Crippen molar-refractivity contribution in [3.63, 3.8) is 0 Å². The van der Waals surface area contributed by atoms with E-state index >= 15 is 0 Å². The van der Waals surface area contributed by atoms with E-state index in [1.165, 1.54) is 0 Å². The number of carboxylic acids is 2. The number of aryl methyl sites for hydroxylation is 1. The van der Waals surface area contributed by atoms with Gasteiger partial charge in [-0.05, 0) is 18.9 Å². The maximum atomic E-state index is 10.8. The number of rotatable bonds is 6. The van der Waals surface area contributed by atoms with Crippen LogP contribution in [-0.4, -0.2) is 45.2 Å². The molecule has 0 aromatic carbocycles. The maximum absolute atomic E-state index is 10.8. The molecule has 0 atom stereocenters. The van der Waals surface area contributed by atoms with Crippen molar-refractivity contribution in [2.24, 2.45) is 0 Å². The molecule has 104 valence electrons. The molecule has 0 spiro atoms. The Bertz CT molecular complexity index is 472. The summed E-state index contributed by atoms with van der Waals surface area (Å²) in [6, 6.07) is 1.80. The lowest BCUT2D eigenvalue weighted by Crippen LogP contribution is -2.36. The molecule has 0 unspecified atom stereocenters. The van der Waals surface area contributed by atoms with E-state index in [0.29, 0.717) is 5.69 Å². The molecule has 0 aliphatic heterocycles. The molecule has 1 heterocycles. The molecule has 0 fully saturated rings. The highest BCUT2D eigenvalue weighted by Gasteiger charge is 2.18. The second-order valence-electron chi connectivity index (χ2n) is 4.53. The molecule has 0 saturated heterocycles. The van der Waals surface area contributed by atoms with Gasteiger partial charge in [0.25, 0.3) is 0 Å². The number of carbonyl (C=O) groups is 2. The van der Waals surface area contributed by atoms with Gasteiger partial charge in [0.05, 0.1) is 0 Å². The lowest BCUT2D eigenvalue weighted by molar-refractivity contribution is -0.136. The number of carboxylic acid groups (broad SMARTS) is 2. The largest absolute Gasteiger partial charge is 0.480 e. The minimum Gasteiger partial charge on any atom is -0.480 e. The smallest absolute Gasteiger partial charge is 0.323 e. The molecule has 0 aliphatic rings. The van der Waals surface area contributed by atoms with Crippen molar-refractivity contribution in [2.45, 2.75) is 26.7 Å². The average molecular weight is 267 g/mol. The highest BCUT2D eigenvalue weighted by molar-refractivity contribution is 5.78. The lowest BCUT2D eigenvalue weighted by Gasteiger charge is -2.20. The molecule has 0 aliphatic carbocycles. The number of aliphatic carboxylic acids is 2. The first-order valence-electron chi connectivity index (χ1n) is 5.83. The molecule has 1 aromatic heterocycles. The van der Waals surface area contributed by atoms with Crippen molar-refractivity contribution in [3.8, 4) is 0 Å². The van der Waals surface area contributed by atoms with Gasteiger partial charge in [0.15, 0.2) is 0 Å². The van der Waals surface area contributed by atoms with Crippen LogP contribution in [0.25, 0.3) is 0 Å². The van der Waals surface area contributed by atoms with Crippen molar-refractivity contribution in [1.82, 2.24) is 9.97 Å². The lowest BCUT2D eigenvalue weighted by atomic mass is 10.1. The number of aromatic nitrogens is 2. The highest BCUT2D eigenvalue weighted by Crippen LogP contribution is 2.16. The Morgan fingerprint density at radius 1 is 1.21 bits per heavy atom. The van der Waals surface area contributed by atoms with Crippen LogP contribution >= 0.6 is 0 Å². The molecule has 1 aromatic rings. The number of anilines is 1. The summed E-state index contributed by atoms with van der Waals surface area (Å²) in [6.07, 6.45) is 0. The zero-order chi connectivity index (χ0) is 14.6. The van der Waals surface area contributed by atoms with Gasteiger partial charge in [0, 0.05) is 11.4 Å². The van der Waals surface area contributed by atoms with Gasteiger partial charge in [-0.1, -0.05) is 13.8 Å². The van der Waals surface area contributed by atoms with Gasteiger partial charge in [0.1, 0.15) is 13.1 Å². The Morgan fingerprint density at radius 2 is 1.74 bits per heavy atom. The first-order chi connectivity index (χ1) is 8.79. The van der Waals surface area contributed by atoms with E-state index in [4.69, 9.17) is 10.2 Å². The number of nitrogens with zero attached hydrogens (tertiary/aromatic N) is 3. The summed E-state index contributed by atoms with van der Waals surface area (Å²) in [5, 5.41) is 17.6. The van der Waals surface area contributed by atoms with Crippen LogP contribution in [0.15, 0.2) is 6.07 Å². The van der Waals surface area contributed by atoms with E-state index in [-0.39, 0.29) is 11.9 Å². The van der Waals surface area contributed by atoms with Crippen LogP contribution in [0.3, 0.4) is 0 Å². The molecule has 0 radical (unpaired) electrons. The molecule has 0 bridgehead atoms. The van der Waals surface area contributed by atoms with Crippen LogP contribution in [0, 0.1) is 6.92 Å². The van der Waals surface area contributed by atoms with Gasteiger partial charge in [-0.2, -0.15) is 0 Å². The first-order valence-corrected chi connectivity index (χ1v) is 5.83. The van der Waals surface area contributed by atoms with Crippen molar-refractivity contribution in [1.29, 1.82) is 0 Å². The molecular weight excluding hydrogens is 250 g/mol. The van der Waals surface area contributed by atoms with Crippen LogP contribution in [0.2, 0.25) is 0 Å². The van der Waals surface area contributed by atoms with E-state index in [0.717, 1.165) is 10.6 Å². The van der Waals surface area contributed by atoms with E-state index in [1.54, 1.807) is 13.0 Å². The van der Waals surface area contributed by atoms with Crippen molar-refractivity contribution in [3.05, 3.63) is 17.5 Å². The number of hydrogen-bond donors (Lipinski definition) is 2. The first kappa shape index (κ1) is 14.9. The van der Waals surface area contributed by atoms with Crippen LogP contribution < -0.4 is 4.90 Å². The van der Waals surface area contributed by atoms with E-state index in [2.05, 4.69) is 9.97 Å². The summed E-state index contributed by atoms with van der Waals surface area (Å²) in [4.78, 5) is 31.0. The monoisotopic (exact) mass is 267 g/mol. The molecule has 2 N–H and O–H groups in total. The highest BCUT2D eigenvalue weighted by atomic mass is 16.4. The molecule has 7 nitrogen and oxygen atoms in total. The fourth-order valence-electron chi connectivity index (χ4n) is 1.54. The third kappa shape index (κ3) is 4.53. The van der Waals surface area contributed by atoms with Crippen LogP contribution in [0.4, 0.5) is 5.95 Å². The SMILES string of the molecule is Cc1cc(C(C)C)nc(N(CC(=O)O)CC(=O)O)n1. The normalized spacial score (nSPS) is 10.5.